The van der Waals surface area contributed by atoms with Crippen LogP contribution in [0.15, 0.2) is 0 Å². The van der Waals surface area contributed by atoms with Gasteiger partial charge in [0.25, 0.3) is 0 Å². The fourth-order valence-corrected chi connectivity index (χ4v) is 2.21. The van der Waals surface area contributed by atoms with Crippen LogP contribution < -0.4 is 10.1 Å². The number of ether oxygens (including phenoxy) is 1. The van der Waals surface area contributed by atoms with E-state index < -0.39 is 5.60 Å². The molecule has 0 unspecified atom stereocenters. The minimum absolute atomic E-state index is 0.0781. The van der Waals surface area contributed by atoms with Gasteiger partial charge in [-0.05, 0) is 31.4 Å². The number of rotatable bonds is 5. The van der Waals surface area contributed by atoms with Crippen LogP contribution in [0.2, 0.25) is 5.28 Å². The lowest BCUT2D eigenvalue weighted by atomic mass is 10.0. The van der Waals surface area contributed by atoms with E-state index in [4.69, 9.17) is 16.3 Å². The molecule has 7 heteroatoms. The van der Waals surface area contributed by atoms with E-state index in [2.05, 4.69) is 20.3 Å². The Bertz CT molecular complexity index is 410. The number of hydrogen-bond donors (Lipinski definition) is 2. The Hall–Kier alpha value is -1.14. The van der Waals surface area contributed by atoms with E-state index in [9.17, 15) is 5.11 Å². The third-order valence-electron chi connectivity index (χ3n) is 2.97. The van der Waals surface area contributed by atoms with Crippen LogP contribution in [0.25, 0.3) is 0 Å². The normalized spacial score (nSPS) is 17.7. The zero-order valence-corrected chi connectivity index (χ0v) is 11.1. The molecule has 0 bridgehead atoms. The Kier molecular flexibility index (Phi) is 4.19. The molecule has 100 valence electrons. The average Bonchev–Trinajstić information content (AvgIpc) is 2.74. The first kappa shape index (κ1) is 13.3. The van der Waals surface area contributed by atoms with E-state index in [1.54, 1.807) is 0 Å². The summed E-state index contributed by atoms with van der Waals surface area (Å²) in [5.41, 5.74) is -0.662. The summed E-state index contributed by atoms with van der Waals surface area (Å²) in [6.45, 7) is 2.72. The average molecular weight is 273 g/mol. The fraction of sp³-hybridized carbons (Fsp3) is 0.727. The van der Waals surface area contributed by atoms with Crippen molar-refractivity contribution < 1.29 is 9.84 Å². The smallest absolute Gasteiger partial charge is 0.322 e. The molecule has 0 radical (unpaired) electrons. The second-order valence-electron chi connectivity index (χ2n) is 4.43. The minimum atomic E-state index is -0.662. The summed E-state index contributed by atoms with van der Waals surface area (Å²) < 4.78 is 5.18. The van der Waals surface area contributed by atoms with Crippen LogP contribution in [-0.2, 0) is 0 Å². The van der Waals surface area contributed by atoms with E-state index in [1.807, 2.05) is 6.92 Å². The first-order valence-electron chi connectivity index (χ1n) is 6.12. The zero-order chi connectivity index (χ0) is 13.0. The van der Waals surface area contributed by atoms with Crippen molar-refractivity contribution in [2.45, 2.75) is 38.2 Å². The Balaban J connectivity index is 2.00. The van der Waals surface area contributed by atoms with Crippen LogP contribution in [0, 0.1) is 0 Å². The van der Waals surface area contributed by atoms with Gasteiger partial charge in [-0.3, -0.25) is 0 Å². The molecule has 18 heavy (non-hydrogen) atoms. The van der Waals surface area contributed by atoms with Crippen molar-refractivity contribution in [3.05, 3.63) is 5.28 Å². The standard InChI is InChI=1S/C11H17ClN4O2/c1-2-18-10-15-8(12)14-9(16-10)13-7-11(17)5-3-4-6-11/h17H,2-7H2,1H3,(H,13,14,15,16). The summed E-state index contributed by atoms with van der Waals surface area (Å²) in [7, 11) is 0. The molecule has 2 rings (SSSR count). The van der Waals surface area contributed by atoms with Crippen LogP contribution in [0.5, 0.6) is 6.01 Å². The molecule has 1 aliphatic carbocycles. The molecule has 2 N–H and O–H groups in total. The van der Waals surface area contributed by atoms with Crippen molar-refractivity contribution in [2.24, 2.45) is 0 Å². The SMILES string of the molecule is CCOc1nc(Cl)nc(NCC2(O)CCCC2)n1. The van der Waals surface area contributed by atoms with Gasteiger partial charge in [0.05, 0.1) is 12.2 Å². The van der Waals surface area contributed by atoms with Gasteiger partial charge < -0.3 is 15.2 Å². The minimum Gasteiger partial charge on any atom is -0.464 e. The number of aliphatic hydroxyl groups is 1. The molecule has 1 heterocycles. The third-order valence-corrected chi connectivity index (χ3v) is 3.14. The molecule has 6 nitrogen and oxygen atoms in total. The Morgan fingerprint density at radius 1 is 1.33 bits per heavy atom. The summed E-state index contributed by atoms with van der Waals surface area (Å²) in [6.07, 6.45) is 3.72. The first-order valence-corrected chi connectivity index (χ1v) is 6.50. The predicted molar refractivity (Wildman–Crippen MR) is 67.9 cm³/mol. The van der Waals surface area contributed by atoms with Crippen LogP contribution in [0.3, 0.4) is 0 Å². The van der Waals surface area contributed by atoms with Crippen molar-refractivity contribution in [1.29, 1.82) is 0 Å². The van der Waals surface area contributed by atoms with Crippen LogP contribution in [-0.4, -0.2) is 38.8 Å². The van der Waals surface area contributed by atoms with Crippen molar-refractivity contribution in [2.75, 3.05) is 18.5 Å². The molecule has 0 aliphatic heterocycles. The van der Waals surface area contributed by atoms with Gasteiger partial charge in [0.2, 0.25) is 11.2 Å². The number of nitrogens with one attached hydrogen (secondary N) is 1. The second-order valence-corrected chi connectivity index (χ2v) is 4.77. The summed E-state index contributed by atoms with van der Waals surface area (Å²) in [5.74, 6) is 0.332. The molecular formula is C11H17ClN4O2. The molecular weight excluding hydrogens is 256 g/mol. The molecule has 0 aromatic carbocycles. The number of halogens is 1. The van der Waals surface area contributed by atoms with Gasteiger partial charge in [0.15, 0.2) is 0 Å². The second kappa shape index (κ2) is 5.67. The van der Waals surface area contributed by atoms with Crippen molar-refractivity contribution in [3.63, 3.8) is 0 Å². The zero-order valence-electron chi connectivity index (χ0n) is 10.3. The predicted octanol–water partition coefficient (Wildman–Crippen LogP) is 1.64. The number of nitrogens with zero attached hydrogens (tertiary/aromatic N) is 3. The number of hydrogen-bond acceptors (Lipinski definition) is 6. The molecule has 1 aromatic heterocycles. The summed E-state index contributed by atoms with van der Waals surface area (Å²) in [4.78, 5) is 11.9. The highest BCUT2D eigenvalue weighted by Gasteiger charge is 2.31. The van der Waals surface area contributed by atoms with Crippen molar-refractivity contribution in [3.8, 4) is 6.01 Å². The highest BCUT2D eigenvalue weighted by Crippen LogP contribution is 2.29. The molecule has 0 saturated heterocycles. The maximum absolute atomic E-state index is 10.2. The maximum Gasteiger partial charge on any atom is 0.322 e. The van der Waals surface area contributed by atoms with Gasteiger partial charge in [0, 0.05) is 6.54 Å². The van der Waals surface area contributed by atoms with E-state index >= 15 is 0 Å². The number of aromatic nitrogens is 3. The molecule has 0 spiro atoms. The molecule has 1 saturated carbocycles. The lowest BCUT2D eigenvalue weighted by molar-refractivity contribution is 0.0612. The van der Waals surface area contributed by atoms with Crippen LogP contribution in [0.1, 0.15) is 32.6 Å². The lowest BCUT2D eigenvalue weighted by Crippen LogP contribution is -2.34. The van der Waals surface area contributed by atoms with E-state index in [1.165, 1.54) is 0 Å². The summed E-state index contributed by atoms with van der Waals surface area (Å²) in [5, 5.41) is 13.3. The lowest BCUT2D eigenvalue weighted by Gasteiger charge is -2.22. The van der Waals surface area contributed by atoms with Gasteiger partial charge in [-0.25, -0.2) is 0 Å². The van der Waals surface area contributed by atoms with E-state index in [0.29, 0.717) is 19.1 Å². The molecule has 1 aliphatic rings. The van der Waals surface area contributed by atoms with Gasteiger partial charge in [-0.15, -0.1) is 0 Å². The fourth-order valence-electron chi connectivity index (χ4n) is 2.06. The first-order chi connectivity index (χ1) is 8.61. The quantitative estimate of drug-likeness (QED) is 0.848. The molecule has 1 fully saturated rings. The molecule has 1 aromatic rings. The summed E-state index contributed by atoms with van der Waals surface area (Å²) >= 11 is 5.77. The van der Waals surface area contributed by atoms with E-state index in [0.717, 1.165) is 25.7 Å². The van der Waals surface area contributed by atoms with Crippen molar-refractivity contribution >= 4 is 17.5 Å². The van der Waals surface area contributed by atoms with E-state index in [-0.39, 0.29) is 11.3 Å². The van der Waals surface area contributed by atoms with Gasteiger partial charge in [-0.1, -0.05) is 12.8 Å². The summed E-state index contributed by atoms with van der Waals surface area (Å²) in [6, 6.07) is 0.193. The van der Waals surface area contributed by atoms with Crippen LogP contribution >= 0.6 is 11.6 Å². The topological polar surface area (TPSA) is 80.2 Å². The van der Waals surface area contributed by atoms with Crippen LogP contribution in [0.4, 0.5) is 5.95 Å². The Morgan fingerprint density at radius 3 is 2.72 bits per heavy atom. The molecule has 0 amide bonds. The van der Waals surface area contributed by atoms with Gasteiger partial charge in [0.1, 0.15) is 0 Å². The monoisotopic (exact) mass is 272 g/mol. The maximum atomic E-state index is 10.2. The Labute approximate surface area is 111 Å². The van der Waals surface area contributed by atoms with Gasteiger partial charge >= 0.3 is 6.01 Å². The molecule has 0 atom stereocenters. The third kappa shape index (κ3) is 3.43. The Morgan fingerprint density at radius 2 is 2.06 bits per heavy atom. The largest absolute Gasteiger partial charge is 0.464 e. The highest BCUT2D eigenvalue weighted by atomic mass is 35.5. The van der Waals surface area contributed by atoms with Crippen molar-refractivity contribution in [1.82, 2.24) is 15.0 Å². The highest BCUT2D eigenvalue weighted by molar-refractivity contribution is 6.28. The van der Waals surface area contributed by atoms with Gasteiger partial charge in [-0.2, -0.15) is 15.0 Å². The number of anilines is 1.